The second-order valence-corrected chi connectivity index (χ2v) is 6.15. The Kier molecular flexibility index (Phi) is 4.79. The molecule has 24 heavy (non-hydrogen) atoms. The van der Waals surface area contributed by atoms with Gasteiger partial charge in [0.05, 0.1) is 11.4 Å². The molecule has 2 aromatic carbocycles. The molecule has 0 unspecified atom stereocenters. The van der Waals surface area contributed by atoms with Crippen LogP contribution in [0.2, 0.25) is 0 Å². The number of rotatable bonds is 5. The predicted molar refractivity (Wildman–Crippen MR) is 97.1 cm³/mol. The number of nitrogens with one attached hydrogen (secondary N) is 2. The van der Waals surface area contributed by atoms with Crippen LogP contribution in [0.15, 0.2) is 54.7 Å². The van der Waals surface area contributed by atoms with Crippen molar-refractivity contribution in [3.8, 4) is 0 Å². The van der Waals surface area contributed by atoms with Gasteiger partial charge >= 0.3 is 6.03 Å². The quantitative estimate of drug-likeness (QED) is 0.750. The summed E-state index contributed by atoms with van der Waals surface area (Å²) in [5.74, 6) is 0.294. The Labute approximate surface area is 141 Å². The van der Waals surface area contributed by atoms with Gasteiger partial charge in [-0.2, -0.15) is 5.10 Å². The monoisotopic (exact) mass is 322 g/mol. The van der Waals surface area contributed by atoms with Crippen LogP contribution in [0.1, 0.15) is 12.6 Å². The van der Waals surface area contributed by atoms with E-state index < -0.39 is 0 Å². The number of hydrogen-bond acceptors (Lipinski definition) is 2. The van der Waals surface area contributed by atoms with E-state index >= 15 is 0 Å². The van der Waals surface area contributed by atoms with Crippen LogP contribution in [-0.4, -0.2) is 22.4 Å². The lowest BCUT2D eigenvalue weighted by Crippen LogP contribution is -2.33. The van der Waals surface area contributed by atoms with Gasteiger partial charge in [0.1, 0.15) is 0 Å². The molecule has 124 valence electrons. The van der Waals surface area contributed by atoms with Gasteiger partial charge in [0.25, 0.3) is 0 Å². The van der Waals surface area contributed by atoms with Gasteiger partial charge in [0.15, 0.2) is 0 Å². The number of benzene rings is 2. The number of nitrogens with zero attached hydrogens (tertiary/aromatic N) is 2. The molecule has 0 saturated carbocycles. The Morgan fingerprint density at radius 2 is 1.96 bits per heavy atom. The third-order valence-electron chi connectivity index (χ3n) is 3.92. The number of amides is 2. The van der Waals surface area contributed by atoms with Crippen molar-refractivity contribution in [1.82, 2.24) is 15.1 Å². The van der Waals surface area contributed by atoms with Gasteiger partial charge in [-0.25, -0.2) is 4.79 Å². The minimum atomic E-state index is -0.185. The fourth-order valence-electron chi connectivity index (χ4n) is 2.72. The maximum Gasteiger partial charge on any atom is 0.319 e. The highest BCUT2D eigenvalue weighted by molar-refractivity contribution is 6.01. The first-order valence-corrected chi connectivity index (χ1v) is 8.14. The van der Waals surface area contributed by atoms with Crippen LogP contribution in [0.5, 0.6) is 0 Å². The van der Waals surface area contributed by atoms with Gasteiger partial charge in [-0.1, -0.05) is 43.3 Å². The molecule has 1 heterocycles. The highest BCUT2D eigenvalue weighted by Gasteiger charge is 2.08. The third-order valence-corrected chi connectivity index (χ3v) is 3.92. The average molecular weight is 322 g/mol. The molecule has 1 atom stereocenters. The molecule has 0 radical (unpaired) electrons. The molecule has 0 aliphatic heterocycles. The summed E-state index contributed by atoms with van der Waals surface area (Å²) in [6.07, 6.45) is 1.96. The van der Waals surface area contributed by atoms with E-state index in [-0.39, 0.29) is 6.03 Å². The number of fused-ring (bicyclic) bond motifs is 1. The van der Waals surface area contributed by atoms with E-state index in [1.165, 1.54) is 0 Å². The Morgan fingerprint density at radius 1 is 1.17 bits per heavy atom. The average Bonchev–Trinajstić information content (AvgIpc) is 2.98. The Balaban J connectivity index is 1.55. The van der Waals surface area contributed by atoms with E-state index in [0.29, 0.717) is 12.5 Å². The molecule has 2 amide bonds. The van der Waals surface area contributed by atoms with Gasteiger partial charge in [0.2, 0.25) is 0 Å². The van der Waals surface area contributed by atoms with E-state index in [1.807, 2.05) is 66.3 Å². The highest BCUT2D eigenvalue weighted by Crippen LogP contribution is 2.22. The van der Waals surface area contributed by atoms with Crippen LogP contribution in [0, 0.1) is 12.8 Å². The van der Waals surface area contributed by atoms with Crippen LogP contribution in [0.25, 0.3) is 10.8 Å². The molecular weight excluding hydrogens is 300 g/mol. The van der Waals surface area contributed by atoms with Crippen molar-refractivity contribution in [2.24, 2.45) is 5.92 Å². The molecule has 5 heteroatoms. The molecule has 0 saturated heterocycles. The van der Waals surface area contributed by atoms with E-state index in [4.69, 9.17) is 0 Å². The number of carbonyl (C=O) groups is 1. The van der Waals surface area contributed by atoms with E-state index in [9.17, 15) is 4.79 Å². The maximum atomic E-state index is 12.2. The topological polar surface area (TPSA) is 59.0 Å². The fourth-order valence-corrected chi connectivity index (χ4v) is 2.72. The smallest absolute Gasteiger partial charge is 0.319 e. The van der Waals surface area contributed by atoms with Crippen molar-refractivity contribution in [3.63, 3.8) is 0 Å². The number of aromatic nitrogens is 2. The van der Waals surface area contributed by atoms with Crippen molar-refractivity contribution in [1.29, 1.82) is 0 Å². The van der Waals surface area contributed by atoms with Crippen molar-refractivity contribution in [2.75, 3.05) is 11.9 Å². The van der Waals surface area contributed by atoms with E-state index in [1.54, 1.807) is 0 Å². The summed E-state index contributed by atoms with van der Waals surface area (Å²) in [5, 5.41) is 12.4. The minimum Gasteiger partial charge on any atom is -0.338 e. The zero-order chi connectivity index (χ0) is 16.9. The van der Waals surface area contributed by atoms with Crippen LogP contribution < -0.4 is 10.6 Å². The molecule has 3 rings (SSSR count). The largest absolute Gasteiger partial charge is 0.338 e. The molecule has 1 aromatic heterocycles. The van der Waals surface area contributed by atoms with E-state index in [0.717, 1.165) is 28.7 Å². The normalized spacial score (nSPS) is 12.1. The lowest BCUT2D eigenvalue weighted by molar-refractivity contribution is 0.249. The lowest BCUT2D eigenvalue weighted by Gasteiger charge is -2.14. The number of anilines is 1. The van der Waals surface area contributed by atoms with Gasteiger partial charge in [-0.15, -0.1) is 0 Å². The molecule has 5 nitrogen and oxygen atoms in total. The number of carbonyl (C=O) groups excluding carboxylic acids is 1. The van der Waals surface area contributed by atoms with Crippen molar-refractivity contribution >= 4 is 22.5 Å². The second-order valence-electron chi connectivity index (χ2n) is 6.15. The third kappa shape index (κ3) is 3.93. The van der Waals surface area contributed by atoms with Crippen LogP contribution in [0.3, 0.4) is 0 Å². The van der Waals surface area contributed by atoms with Crippen LogP contribution >= 0.6 is 0 Å². The summed E-state index contributed by atoms with van der Waals surface area (Å²) < 4.78 is 1.91. The molecule has 0 bridgehead atoms. The van der Waals surface area contributed by atoms with Crippen molar-refractivity contribution in [3.05, 3.63) is 60.4 Å². The molecule has 0 spiro atoms. The van der Waals surface area contributed by atoms with Gasteiger partial charge in [-0.05, 0) is 30.4 Å². The molecular formula is C19H22N4O. The Morgan fingerprint density at radius 3 is 2.75 bits per heavy atom. The molecule has 0 fully saturated rings. The first kappa shape index (κ1) is 16.1. The van der Waals surface area contributed by atoms with Crippen LogP contribution in [0.4, 0.5) is 10.5 Å². The first-order chi connectivity index (χ1) is 11.6. The summed E-state index contributed by atoms with van der Waals surface area (Å²) in [6.45, 7) is 5.43. The van der Waals surface area contributed by atoms with Crippen LogP contribution in [-0.2, 0) is 6.54 Å². The standard InChI is InChI=1S/C19H22N4O/c1-14(13-23-11-10-15(2)22-23)12-20-19(24)21-18-9-5-7-16-6-3-4-8-17(16)18/h3-11,14H,12-13H2,1-2H3,(H2,20,21,24)/t14-/m1/s1. The highest BCUT2D eigenvalue weighted by atomic mass is 16.2. The van der Waals surface area contributed by atoms with Gasteiger partial charge in [0, 0.05) is 24.7 Å². The molecule has 2 N–H and O–H groups in total. The summed E-state index contributed by atoms with van der Waals surface area (Å²) in [6, 6.07) is 15.7. The van der Waals surface area contributed by atoms with Gasteiger partial charge < -0.3 is 10.6 Å². The summed E-state index contributed by atoms with van der Waals surface area (Å²) in [4.78, 5) is 12.2. The van der Waals surface area contributed by atoms with Gasteiger partial charge in [-0.3, -0.25) is 4.68 Å². The number of urea groups is 1. The lowest BCUT2D eigenvalue weighted by atomic mass is 10.1. The predicted octanol–water partition coefficient (Wildman–Crippen LogP) is 3.80. The summed E-state index contributed by atoms with van der Waals surface area (Å²) >= 11 is 0. The Bertz CT molecular complexity index is 835. The zero-order valence-corrected chi connectivity index (χ0v) is 14.0. The minimum absolute atomic E-state index is 0.185. The molecule has 0 aliphatic carbocycles. The number of hydrogen-bond donors (Lipinski definition) is 2. The molecule has 0 aliphatic rings. The summed E-state index contributed by atoms with van der Waals surface area (Å²) in [7, 11) is 0. The zero-order valence-electron chi connectivity index (χ0n) is 14.0. The van der Waals surface area contributed by atoms with Crippen molar-refractivity contribution < 1.29 is 4.79 Å². The molecule has 3 aromatic rings. The summed E-state index contributed by atoms with van der Waals surface area (Å²) in [5.41, 5.74) is 1.82. The number of aryl methyl sites for hydroxylation is 1. The fraction of sp³-hybridized carbons (Fsp3) is 0.263. The SMILES string of the molecule is Cc1ccn(C[C@H](C)CNC(=O)Nc2cccc3ccccc23)n1. The Hall–Kier alpha value is -2.82. The van der Waals surface area contributed by atoms with E-state index in [2.05, 4.69) is 22.7 Å². The second kappa shape index (κ2) is 7.17. The first-order valence-electron chi connectivity index (χ1n) is 8.14. The maximum absolute atomic E-state index is 12.2. The van der Waals surface area contributed by atoms with Crippen molar-refractivity contribution in [2.45, 2.75) is 20.4 Å².